The molecule has 1 aromatic carbocycles. The van der Waals surface area contributed by atoms with Crippen LogP contribution in [0.3, 0.4) is 0 Å². The zero-order chi connectivity index (χ0) is 16.5. The number of aromatic nitrogens is 1. The van der Waals surface area contributed by atoms with Crippen LogP contribution in [0.15, 0.2) is 41.0 Å². The summed E-state index contributed by atoms with van der Waals surface area (Å²) in [6.07, 6.45) is 7.26. The summed E-state index contributed by atoms with van der Waals surface area (Å²) in [6, 6.07) is 10.0. The molecule has 2 aliphatic carbocycles. The molecule has 126 valence electrons. The van der Waals surface area contributed by atoms with Crippen molar-refractivity contribution in [3.8, 4) is 11.5 Å². The summed E-state index contributed by atoms with van der Waals surface area (Å²) >= 11 is 0. The Morgan fingerprint density at radius 3 is 2.83 bits per heavy atom. The summed E-state index contributed by atoms with van der Waals surface area (Å²) in [5.41, 5.74) is 1.62. The summed E-state index contributed by atoms with van der Waals surface area (Å²) in [4.78, 5) is 16.8. The molecule has 2 fully saturated rings. The average molecular weight is 324 g/mol. The molecule has 2 saturated carbocycles. The molecule has 4 unspecified atom stereocenters. The predicted octanol–water partition coefficient (Wildman–Crippen LogP) is 3.83. The predicted molar refractivity (Wildman–Crippen MR) is 92.2 cm³/mol. The summed E-state index contributed by atoms with van der Waals surface area (Å²) in [5.74, 6) is 2.99. The number of rotatable bonds is 5. The van der Waals surface area contributed by atoms with Crippen LogP contribution < -0.4 is 5.32 Å². The second kappa shape index (κ2) is 6.42. The molecule has 0 saturated heterocycles. The Morgan fingerprint density at radius 2 is 2.12 bits per heavy atom. The van der Waals surface area contributed by atoms with E-state index in [9.17, 15) is 4.79 Å². The van der Waals surface area contributed by atoms with Crippen molar-refractivity contribution in [2.45, 2.75) is 45.1 Å². The summed E-state index contributed by atoms with van der Waals surface area (Å²) in [6.45, 7) is 2.15. The zero-order valence-corrected chi connectivity index (χ0v) is 14.1. The van der Waals surface area contributed by atoms with E-state index in [0.717, 1.165) is 17.4 Å². The lowest BCUT2D eigenvalue weighted by molar-refractivity contribution is -0.121. The molecule has 0 aliphatic heterocycles. The lowest BCUT2D eigenvalue weighted by Gasteiger charge is -2.28. The number of carbonyl (C=O) groups is 1. The fraction of sp³-hybridized carbons (Fsp3) is 0.500. The van der Waals surface area contributed by atoms with E-state index in [4.69, 9.17) is 4.42 Å². The summed E-state index contributed by atoms with van der Waals surface area (Å²) in [5, 5.41) is 3.18. The van der Waals surface area contributed by atoms with Gasteiger partial charge in [0.1, 0.15) is 6.26 Å². The van der Waals surface area contributed by atoms with Crippen molar-refractivity contribution < 1.29 is 9.21 Å². The third-order valence-electron chi connectivity index (χ3n) is 5.74. The maximum Gasteiger partial charge on any atom is 0.226 e. The van der Waals surface area contributed by atoms with E-state index in [1.165, 1.54) is 25.7 Å². The number of fused-ring (bicyclic) bond motifs is 2. The Bertz CT molecular complexity index is 709. The van der Waals surface area contributed by atoms with E-state index >= 15 is 0 Å². The molecule has 4 atom stereocenters. The second-order valence-electron chi connectivity index (χ2n) is 7.38. The van der Waals surface area contributed by atoms with Crippen molar-refractivity contribution >= 4 is 5.91 Å². The van der Waals surface area contributed by atoms with Crippen LogP contribution in [0.2, 0.25) is 0 Å². The number of amides is 1. The molecule has 2 aliphatic rings. The van der Waals surface area contributed by atoms with Gasteiger partial charge in [0.2, 0.25) is 11.8 Å². The highest BCUT2D eigenvalue weighted by molar-refractivity contribution is 5.78. The number of benzene rings is 1. The highest BCUT2D eigenvalue weighted by atomic mass is 16.3. The van der Waals surface area contributed by atoms with E-state index in [-0.39, 0.29) is 18.4 Å². The van der Waals surface area contributed by atoms with Crippen molar-refractivity contribution in [1.82, 2.24) is 10.3 Å². The maximum atomic E-state index is 12.3. The molecule has 24 heavy (non-hydrogen) atoms. The fourth-order valence-corrected chi connectivity index (χ4v) is 4.58. The molecule has 1 amide bonds. The van der Waals surface area contributed by atoms with Gasteiger partial charge in [-0.3, -0.25) is 4.79 Å². The van der Waals surface area contributed by atoms with Crippen LogP contribution in [0.25, 0.3) is 11.5 Å². The molecule has 0 radical (unpaired) electrons. The molecule has 4 heteroatoms. The van der Waals surface area contributed by atoms with Gasteiger partial charge in [-0.2, -0.15) is 0 Å². The number of nitrogens with zero attached hydrogens (tertiary/aromatic N) is 1. The van der Waals surface area contributed by atoms with Crippen molar-refractivity contribution in [2.75, 3.05) is 0 Å². The van der Waals surface area contributed by atoms with Crippen LogP contribution in [-0.2, 0) is 11.2 Å². The Morgan fingerprint density at radius 1 is 1.29 bits per heavy atom. The van der Waals surface area contributed by atoms with Crippen molar-refractivity contribution in [1.29, 1.82) is 0 Å². The molecule has 1 aromatic heterocycles. The van der Waals surface area contributed by atoms with E-state index < -0.39 is 0 Å². The number of hydrogen-bond acceptors (Lipinski definition) is 3. The molecule has 1 N–H and O–H groups in total. The zero-order valence-electron chi connectivity index (χ0n) is 14.1. The minimum Gasteiger partial charge on any atom is -0.444 e. The Hall–Kier alpha value is -2.10. The van der Waals surface area contributed by atoms with E-state index in [1.807, 2.05) is 30.3 Å². The maximum absolute atomic E-state index is 12.3. The number of carbonyl (C=O) groups excluding carboxylic acids is 1. The van der Waals surface area contributed by atoms with Gasteiger partial charge >= 0.3 is 0 Å². The normalized spacial score (nSPS) is 26.5. The SMILES string of the molecule is CC(NC(=O)Cc1coc(-c2ccccc2)n1)C1CC2CCC1C2. The monoisotopic (exact) mass is 324 g/mol. The molecule has 0 spiro atoms. The Balaban J connectivity index is 1.34. The second-order valence-corrected chi connectivity index (χ2v) is 7.38. The average Bonchev–Trinajstić information content (AvgIpc) is 3.32. The first-order valence-corrected chi connectivity index (χ1v) is 8.98. The van der Waals surface area contributed by atoms with Gasteiger partial charge in [0, 0.05) is 11.6 Å². The topological polar surface area (TPSA) is 55.1 Å². The van der Waals surface area contributed by atoms with Gasteiger partial charge in [0.05, 0.1) is 12.1 Å². The van der Waals surface area contributed by atoms with Gasteiger partial charge in [-0.15, -0.1) is 0 Å². The van der Waals surface area contributed by atoms with Gasteiger partial charge in [-0.25, -0.2) is 4.98 Å². The van der Waals surface area contributed by atoms with Crippen molar-refractivity contribution in [3.63, 3.8) is 0 Å². The smallest absolute Gasteiger partial charge is 0.226 e. The van der Waals surface area contributed by atoms with Crippen molar-refractivity contribution in [2.24, 2.45) is 17.8 Å². The summed E-state index contributed by atoms with van der Waals surface area (Å²) in [7, 11) is 0. The van der Waals surface area contributed by atoms with Crippen LogP contribution >= 0.6 is 0 Å². The number of nitrogens with one attached hydrogen (secondary N) is 1. The summed E-state index contributed by atoms with van der Waals surface area (Å²) < 4.78 is 5.51. The van der Waals surface area contributed by atoms with Gasteiger partial charge in [-0.05, 0) is 56.1 Å². The largest absolute Gasteiger partial charge is 0.444 e. The molecule has 1 heterocycles. The highest BCUT2D eigenvalue weighted by Crippen LogP contribution is 2.49. The third-order valence-corrected chi connectivity index (χ3v) is 5.74. The molecule has 4 nitrogen and oxygen atoms in total. The van der Waals surface area contributed by atoms with E-state index in [0.29, 0.717) is 17.5 Å². The van der Waals surface area contributed by atoms with Crippen LogP contribution in [-0.4, -0.2) is 16.9 Å². The Labute approximate surface area is 142 Å². The van der Waals surface area contributed by atoms with Gasteiger partial charge < -0.3 is 9.73 Å². The van der Waals surface area contributed by atoms with Crippen molar-refractivity contribution in [3.05, 3.63) is 42.3 Å². The first kappa shape index (κ1) is 15.4. The van der Waals surface area contributed by atoms with Gasteiger partial charge in [0.15, 0.2) is 0 Å². The molecule has 2 bridgehead atoms. The molecular weight excluding hydrogens is 300 g/mol. The molecule has 4 rings (SSSR count). The number of hydrogen-bond donors (Lipinski definition) is 1. The highest BCUT2D eigenvalue weighted by Gasteiger charge is 2.42. The quantitative estimate of drug-likeness (QED) is 0.909. The van der Waals surface area contributed by atoms with Gasteiger partial charge in [0.25, 0.3) is 0 Å². The standard InChI is InChI=1S/C20H24N2O2/c1-13(18-10-14-7-8-16(18)9-14)21-19(23)11-17-12-24-20(22-17)15-5-3-2-4-6-15/h2-6,12-14,16,18H,7-11H2,1H3,(H,21,23). The Kier molecular flexibility index (Phi) is 4.13. The van der Waals surface area contributed by atoms with E-state index in [2.05, 4.69) is 17.2 Å². The first-order valence-electron chi connectivity index (χ1n) is 8.98. The minimum absolute atomic E-state index is 0.0400. The van der Waals surface area contributed by atoms with Crippen LogP contribution in [0.4, 0.5) is 0 Å². The third kappa shape index (κ3) is 3.10. The molecular formula is C20H24N2O2. The van der Waals surface area contributed by atoms with Crippen LogP contribution in [0.1, 0.15) is 38.3 Å². The van der Waals surface area contributed by atoms with Crippen LogP contribution in [0, 0.1) is 17.8 Å². The van der Waals surface area contributed by atoms with E-state index in [1.54, 1.807) is 6.26 Å². The van der Waals surface area contributed by atoms with Gasteiger partial charge in [-0.1, -0.05) is 24.6 Å². The lowest BCUT2D eigenvalue weighted by Crippen LogP contribution is -2.40. The fourth-order valence-electron chi connectivity index (χ4n) is 4.58. The lowest BCUT2D eigenvalue weighted by atomic mass is 9.84. The van der Waals surface area contributed by atoms with Crippen LogP contribution in [0.5, 0.6) is 0 Å². The minimum atomic E-state index is 0.0400. The number of oxazole rings is 1. The first-order chi connectivity index (χ1) is 11.7. The molecule has 2 aromatic rings.